The zero-order valence-corrected chi connectivity index (χ0v) is 14.4. The van der Waals surface area contributed by atoms with Gasteiger partial charge in [0, 0.05) is 30.6 Å². The maximum Gasteiger partial charge on any atom is 0.410 e. The summed E-state index contributed by atoms with van der Waals surface area (Å²) in [6.07, 6.45) is 3.01. The molecule has 1 amide bonds. The fourth-order valence-electron chi connectivity index (χ4n) is 2.45. The van der Waals surface area contributed by atoms with Gasteiger partial charge in [0.25, 0.3) is 0 Å². The van der Waals surface area contributed by atoms with Crippen LogP contribution in [0.15, 0.2) is 28.4 Å². The zero-order valence-electron chi connectivity index (χ0n) is 14.4. The summed E-state index contributed by atoms with van der Waals surface area (Å²) in [5.41, 5.74) is 6.93. The predicted octanol–water partition coefficient (Wildman–Crippen LogP) is 3.49. The Labute approximate surface area is 141 Å². The van der Waals surface area contributed by atoms with E-state index in [1.54, 1.807) is 23.2 Å². The molecule has 7 heteroatoms. The van der Waals surface area contributed by atoms with Crippen molar-refractivity contribution in [1.82, 2.24) is 4.90 Å². The number of amides is 1. The van der Waals surface area contributed by atoms with Crippen molar-refractivity contribution in [2.75, 3.05) is 18.8 Å². The Morgan fingerprint density at radius 2 is 2.00 bits per heavy atom. The molecule has 1 aromatic carbocycles. The molecular formula is C17H24N4O3. The van der Waals surface area contributed by atoms with Crippen LogP contribution in [0.2, 0.25) is 0 Å². The predicted molar refractivity (Wildman–Crippen MR) is 94.7 cm³/mol. The highest BCUT2D eigenvalue weighted by molar-refractivity contribution is 5.88. The molecule has 7 nitrogen and oxygen atoms in total. The zero-order chi connectivity index (χ0) is 17.7. The largest absolute Gasteiger partial charge is 0.444 e. The number of nitrogens with zero attached hydrogens (tertiary/aromatic N) is 3. The second kappa shape index (κ2) is 7.42. The molecule has 0 saturated carbocycles. The van der Waals surface area contributed by atoms with Gasteiger partial charge in [-0.15, -0.1) is 4.91 Å². The van der Waals surface area contributed by atoms with Gasteiger partial charge in [0.05, 0.1) is 6.04 Å². The first-order valence-corrected chi connectivity index (χ1v) is 8.02. The summed E-state index contributed by atoms with van der Waals surface area (Å²) >= 11 is 0. The lowest BCUT2D eigenvalue weighted by Crippen LogP contribution is -2.42. The third-order valence-corrected chi connectivity index (χ3v) is 3.72. The molecule has 2 rings (SSSR count). The average Bonchev–Trinajstić information content (AvgIpc) is 2.52. The highest BCUT2D eigenvalue weighted by atomic mass is 16.6. The smallest absolute Gasteiger partial charge is 0.410 e. The number of likely N-dealkylation sites (tertiary alicyclic amines) is 1. The first-order chi connectivity index (χ1) is 11.3. The number of nitrogens with two attached hydrogens (primary N) is 1. The Hall–Kier alpha value is -2.44. The molecule has 1 fully saturated rings. The van der Waals surface area contributed by atoms with Crippen LogP contribution < -0.4 is 5.73 Å². The summed E-state index contributed by atoms with van der Waals surface area (Å²) in [6.45, 7) is 6.83. The maximum atomic E-state index is 12.0. The van der Waals surface area contributed by atoms with Crippen molar-refractivity contribution in [3.05, 3.63) is 28.7 Å². The first-order valence-electron chi connectivity index (χ1n) is 8.02. The summed E-state index contributed by atoms with van der Waals surface area (Å²) in [7, 11) is 0. The fourth-order valence-corrected chi connectivity index (χ4v) is 2.45. The van der Waals surface area contributed by atoms with Gasteiger partial charge < -0.3 is 15.4 Å². The molecule has 1 heterocycles. The van der Waals surface area contributed by atoms with Gasteiger partial charge in [-0.3, -0.25) is 4.99 Å². The number of carbonyl (C=O) groups is 1. The third kappa shape index (κ3) is 5.04. The van der Waals surface area contributed by atoms with Crippen LogP contribution in [0.25, 0.3) is 0 Å². The minimum atomic E-state index is -0.480. The molecule has 0 radical (unpaired) electrons. The second-order valence-corrected chi connectivity index (χ2v) is 6.88. The molecule has 130 valence electrons. The third-order valence-electron chi connectivity index (χ3n) is 3.72. The highest BCUT2D eigenvalue weighted by Crippen LogP contribution is 2.20. The number of hydrogen-bond acceptors (Lipinski definition) is 6. The Morgan fingerprint density at radius 1 is 1.33 bits per heavy atom. The second-order valence-electron chi connectivity index (χ2n) is 6.88. The van der Waals surface area contributed by atoms with Crippen LogP contribution in [0.4, 0.5) is 16.2 Å². The van der Waals surface area contributed by atoms with Gasteiger partial charge >= 0.3 is 6.09 Å². The molecule has 24 heavy (non-hydrogen) atoms. The lowest BCUT2D eigenvalue weighted by molar-refractivity contribution is 0.0207. The van der Waals surface area contributed by atoms with Crippen molar-refractivity contribution in [3.8, 4) is 0 Å². The van der Waals surface area contributed by atoms with E-state index in [9.17, 15) is 9.70 Å². The van der Waals surface area contributed by atoms with Crippen molar-refractivity contribution in [3.63, 3.8) is 0 Å². The van der Waals surface area contributed by atoms with Crippen molar-refractivity contribution in [2.24, 2.45) is 10.2 Å². The number of rotatable bonds is 3. The van der Waals surface area contributed by atoms with E-state index in [1.807, 2.05) is 20.8 Å². The number of ether oxygens (including phenoxy) is 1. The fraction of sp³-hybridized carbons (Fsp3) is 0.529. The molecule has 1 aliphatic rings. The van der Waals surface area contributed by atoms with Gasteiger partial charge in [0.2, 0.25) is 0 Å². The van der Waals surface area contributed by atoms with Crippen LogP contribution in [0.3, 0.4) is 0 Å². The molecule has 0 bridgehead atoms. The number of anilines is 1. The van der Waals surface area contributed by atoms with Crippen molar-refractivity contribution in [1.29, 1.82) is 0 Å². The van der Waals surface area contributed by atoms with E-state index in [1.165, 1.54) is 6.07 Å². The topological polar surface area (TPSA) is 97.3 Å². The van der Waals surface area contributed by atoms with Crippen LogP contribution in [0.5, 0.6) is 0 Å². The van der Waals surface area contributed by atoms with E-state index >= 15 is 0 Å². The number of carbonyl (C=O) groups excluding carboxylic acids is 1. The number of aliphatic imine (C=N–C) groups is 1. The van der Waals surface area contributed by atoms with Crippen LogP contribution in [0, 0.1) is 4.91 Å². The number of piperidine rings is 1. The van der Waals surface area contributed by atoms with Gasteiger partial charge in [-0.1, -0.05) is 0 Å². The van der Waals surface area contributed by atoms with E-state index in [0.717, 1.165) is 18.4 Å². The SMILES string of the molecule is CC(C)(C)OC(=O)N1CCC(N=Cc2ccc(N=O)cc2N)CC1. The van der Waals surface area contributed by atoms with E-state index in [2.05, 4.69) is 10.2 Å². The summed E-state index contributed by atoms with van der Waals surface area (Å²) in [4.78, 5) is 28.7. The maximum absolute atomic E-state index is 12.0. The minimum Gasteiger partial charge on any atom is -0.444 e. The molecule has 1 aromatic rings. The van der Waals surface area contributed by atoms with E-state index in [-0.39, 0.29) is 12.1 Å². The van der Waals surface area contributed by atoms with Gasteiger partial charge in [-0.2, -0.15) is 0 Å². The molecule has 0 unspecified atom stereocenters. The Bertz CT molecular complexity index is 629. The van der Waals surface area contributed by atoms with E-state index in [4.69, 9.17) is 10.5 Å². The molecule has 1 saturated heterocycles. The van der Waals surface area contributed by atoms with Crippen molar-refractivity contribution < 1.29 is 9.53 Å². The average molecular weight is 332 g/mol. The number of nitrogen functional groups attached to an aromatic ring is 1. The lowest BCUT2D eigenvalue weighted by atomic mass is 10.1. The van der Waals surface area contributed by atoms with Gasteiger partial charge in [-0.05, 0) is 57.0 Å². The van der Waals surface area contributed by atoms with Crippen molar-refractivity contribution in [2.45, 2.75) is 45.3 Å². The van der Waals surface area contributed by atoms with Gasteiger partial charge in [-0.25, -0.2) is 4.79 Å². The summed E-state index contributed by atoms with van der Waals surface area (Å²) < 4.78 is 5.38. The van der Waals surface area contributed by atoms with Crippen LogP contribution >= 0.6 is 0 Å². The summed E-state index contributed by atoms with van der Waals surface area (Å²) in [6, 6.07) is 5.01. The molecule has 0 aliphatic carbocycles. The van der Waals surface area contributed by atoms with E-state index in [0.29, 0.717) is 24.5 Å². The molecular weight excluding hydrogens is 308 g/mol. The monoisotopic (exact) mass is 332 g/mol. The summed E-state index contributed by atoms with van der Waals surface area (Å²) in [5.74, 6) is 0. The highest BCUT2D eigenvalue weighted by Gasteiger charge is 2.26. The van der Waals surface area contributed by atoms with Crippen LogP contribution in [-0.4, -0.2) is 41.9 Å². The number of hydrogen-bond donors (Lipinski definition) is 1. The van der Waals surface area contributed by atoms with Gasteiger partial charge in [0.15, 0.2) is 0 Å². The minimum absolute atomic E-state index is 0.145. The molecule has 2 N–H and O–H groups in total. The van der Waals surface area contributed by atoms with Gasteiger partial charge in [0.1, 0.15) is 11.3 Å². The number of nitroso groups, excluding NO2 is 1. The van der Waals surface area contributed by atoms with Crippen LogP contribution in [-0.2, 0) is 4.74 Å². The molecule has 1 aliphatic heterocycles. The number of benzene rings is 1. The van der Waals surface area contributed by atoms with Crippen molar-refractivity contribution >= 4 is 23.7 Å². The molecule has 0 atom stereocenters. The van der Waals surface area contributed by atoms with E-state index < -0.39 is 5.60 Å². The standard InChI is InChI=1S/C17H24N4O3/c1-17(2,3)24-16(22)21-8-6-13(7-9-21)19-11-12-4-5-14(20-23)10-15(12)18/h4-5,10-11,13H,6-9,18H2,1-3H3. The first kappa shape index (κ1) is 17.9. The summed E-state index contributed by atoms with van der Waals surface area (Å²) in [5, 5.41) is 2.85. The Morgan fingerprint density at radius 3 is 2.54 bits per heavy atom. The molecule has 0 spiro atoms. The van der Waals surface area contributed by atoms with Crippen LogP contribution in [0.1, 0.15) is 39.2 Å². The Balaban J connectivity index is 1.89. The lowest BCUT2D eigenvalue weighted by Gasteiger charge is -2.32. The molecule has 0 aromatic heterocycles. The Kier molecular flexibility index (Phi) is 5.54. The quantitative estimate of drug-likeness (QED) is 0.520. The normalized spacial score (nSPS) is 16.4.